The maximum atomic E-state index is 11.2. The summed E-state index contributed by atoms with van der Waals surface area (Å²) in [6.45, 7) is 6.66. The van der Waals surface area contributed by atoms with Crippen molar-refractivity contribution in [3.05, 3.63) is 42.4 Å². The van der Waals surface area contributed by atoms with Crippen LogP contribution < -0.4 is 0 Å². The van der Waals surface area contributed by atoms with E-state index in [0.29, 0.717) is 0 Å². The highest BCUT2D eigenvalue weighted by Crippen LogP contribution is 2.57. The first-order valence-electron chi connectivity index (χ1n) is 8.24. The molecule has 3 nitrogen and oxygen atoms in total. The molecule has 4 rings (SSSR count). The third-order valence-corrected chi connectivity index (χ3v) is 6.00. The van der Waals surface area contributed by atoms with Gasteiger partial charge in [-0.1, -0.05) is 51.5 Å². The van der Waals surface area contributed by atoms with Gasteiger partial charge >= 0.3 is 0 Å². The van der Waals surface area contributed by atoms with Gasteiger partial charge < -0.3 is 9.67 Å². The molecule has 2 aromatic rings. The highest BCUT2D eigenvalue weighted by molar-refractivity contribution is 5.69. The summed E-state index contributed by atoms with van der Waals surface area (Å²) >= 11 is 0. The van der Waals surface area contributed by atoms with Gasteiger partial charge in [-0.25, -0.2) is 4.98 Å². The van der Waals surface area contributed by atoms with Crippen LogP contribution in [-0.2, 0) is 0 Å². The van der Waals surface area contributed by atoms with Crippen LogP contribution in [0.2, 0.25) is 0 Å². The van der Waals surface area contributed by atoms with Gasteiger partial charge in [-0.15, -0.1) is 0 Å². The summed E-state index contributed by atoms with van der Waals surface area (Å²) in [6.07, 6.45) is 6.87. The van der Waals surface area contributed by atoms with E-state index < -0.39 is 0 Å². The standard InChI is InChI=1S/C19H24N2O/c1-18(2)9-6-10-19(3,17(18)22)16-14-8-5-4-7-13(14)15-11-20-12-21(15)16/h4-5,7-8,11-12,16-17,22H,6,9-10H2,1-3H3/t16-,17-,19+/m1/s1. The first-order chi connectivity index (χ1) is 10.5. The molecule has 1 aliphatic carbocycles. The van der Waals surface area contributed by atoms with Crippen LogP contribution in [0.1, 0.15) is 51.6 Å². The maximum absolute atomic E-state index is 11.2. The lowest BCUT2D eigenvalue weighted by Crippen LogP contribution is -2.50. The van der Waals surface area contributed by atoms with Crippen LogP contribution in [0, 0.1) is 10.8 Å². The van der Waals surface area contributed by atoms with Crippen molar-refractivity contribution in [2.45, 2.75) is 52.2 Å². The third-order valence-electron chi connectivity index (χ3n) is 6.00. The predicted octanol–water partition coefficient (Wildman–Crippen LogP) is 4.03. The first-order valence-corrected chi connectivity index (χ1v) is 8.24. The Hall–Kier alpha value is -1.61. The summed E-state index contributed by atoms with van der Waals surface area (Å²) in [7, 11) is 0. The van der Waals surface area contributed by atoms with Crippen molar-refractivity contribution in [3.8, 4) is 11.3 Å². The van der Waals surface area contributed by atoms with Crippen molar-refractivity contribution in [3.63, 3.8) is 0 Å². The lowest BCUT2D eigenvalue weighted by atomic mass is 9.58. The van der Waals surface area contributed by atoms with Crippen molar-refractivity contribution in [1.82, 2.24) is 9.55 Å². The summed E-state index contributed by atoms with van der Waals surface area (Å²) in [5.41, 5.74) is 3.58. The SMILES string of the molecule is CC1(C)CCC[C@@](C)([C@H]2c3ccccc3-c3cncn32)[C@@H]1O. The van der Waals surface area contributed by atoms with Crippen LogP contribution in [-0.4, -0.2) is 20.8 Å². The molecule has 2 heterocycles. The van der Waals surface area contributed by atoms with Crippen LogP contribution in [0.5, 0.6) is 0 Å². The smallest absolute Gasteiger partial charge is 0.0956 e. The summed E-state index contributed by atoms with van der Waals surface area (Å²) in [5.74, 6) is 0. The number of imidazole rings is 1. The summed E-state index contributed by atoms with van der Waals surface area (Å²) in [5, 5.41) is 11.2. The molecule has 22 heavy (non-hydrogen) atoms. The maximum Gasteiger partial charge on any atom is 0.0956 e. The zero-order valence-corrected chi connectivity index (χ0v) is 13.6. The normalized spacial score (nSPS) is 32.5. The highest BCUT2D eigenvalue weighted by atomic mass is 16.3. The molecular formula is C19H24N2O. The van der Waals surface area contributed by atoms with E-state index in [-0.39, 0.29) is 23.0 Å². The lowest BCUT2D eigenvalue weighted by molar-refractivity contribution is -0.100. The van der Waals surface area contributed by atoms with E-state index in [1.807, 2.05) is 12.5 Å². The minimum Gasteiger partial charge on any atom is -0.392 e. The molecule has 0 saturated heterocycles. The monoisotopic (exact) mass is 296 g/mol. The zero-order valence-electron chi connectivity index (χ0n) is 13.6. The number of hydrogen-bond acceptors (Lipinski definition) is 2. The van der Waals surface area contributed by atoms with Gasteiger partial charge in [0.15, 0.2) is 0 Å². The topological polar surface area (TPSA) is 38.0 Å². The van der Waals surface area contributed by atoms with Crippen molar-refractivity contribution in [2.24, 2.45) is 10.8 Å². The van der Waals surface area contributed by atoms with E-state index in [1.165, 1.54) is 23.2 Å². The fraction of sp³-hybridized carbons (Fsp3) is 0.526. The molecule has 0 amide bonds. The second-order valence-corrected chi connectivity index (χ2v) is 7.93. The average molecular weight is 296 g/mol. The Morgan fingerprint density at radius 2 is 1.95 bits per heavy atom. The Bertz CT molecular complexity index is 718. The van der Waals surface area contributed by atoms with Gasteiger partial charge in [0.2, 0.25) is 0 Å². The predicted molar refractivity (Wildman–Crippen MR) is 87.5 cm³/mol. The molecule has 3 atom stereocenters. The Balaban J connectivity index is 1.89. The van der Waals surface area contributed by atoms with Crippen molar-refractivity contribution >= 4 is 0 Å². The highest BCUT2D eigenvalue weighted by Gasteiger charge is 2.53. The number of benzene rings is 1. The molecule has 3 heteroatoms. The number of fused-ring (bicyclic) bond motifs is 3. The summed E-state index contributed by atoms with van der Waals surface area (Å²) in [4.78, 5) is 4.36. The fourth-order valence-electron chi connectivity index (χ4n) is 4.89. The largest absolute Gasteiger partial charge is 0.392 e. The number of aromatic nitrogens is 2. The molecule has 1 N–H and O–H groups in total. The van der Waals surface area contributed by atoms with Gasteiger partial charge in [-0.3, -0.25) is 0 Å². The molecule has 2 aliphatic rings. The Morgan fingerprint density at radius 1 is 1.18 bits per heavy atom. The van der Waals surface area contributed by atoms with Crippen LogP contribution in [0.4, 0.5) is 0 Å². The molecule has 1 fully saturated rings. The first kappa shape index (κ1) is 14.0. The van der Waals surface area contributed by atoms with E-state index in [0.717, 1.165) is 12.8 Å². The average Bonchev–Trinajstić information content (AvgIpc) is 3.04. The minimum atomic E-state index is -0.319. The van der Waals surface area contributed by atoms with E-state index in [2.05, 4.69) is 54.6 Å². The summed E-state index contributed by atoms with van der Waals surface area (Å²) < 4.78 is 2.27. The zero-order chi connectivity index (χ0) is 15.5. The molecule has 0 bridgehead atoms. The van der Waals surface area contributed by atoms with Gasteiger partial charge in [-0.2, -0.15) is 0 Å². The Morgan fingerprint density at radius 3 is 2.77 bits per heavy atom. The molecular weight excluding hydrogens is 272 g/mol. The van der Waals surface area contributed by atoms with Crippen LogP contribution in [0.25, 0.3) is 11.3 Å². The van der Waals surface area contributed by atoms with Gasteiger partial charge in [0, 0.05) is 11.0 Å². The van der Waals surface area contributed by atoms with Crippen molar-refractivity contribution in [2.75, 3.05) is 0 Å². The molecule has 116 valence electrons. The molecule has 1 saturated carbocycles. The third kappa shape index (κ3) is 1.69. The van der Waals surface area contributed by atoms with E-state index in [1.54, 1.807) is 0 Å². The lowest BCUT2D eigenvalue weighted by Gasteiger charge is -2.51. The minimum absolute atomic E-state index is 0.0364. The molecule has 1 aliphatic heterocycles. The molecule has 1 aromatic heterocycles. The summed E-state index contributed by atoms with van der Waals surface area (Å²) in [6, 6.07) is 8.76. The Labute approximate surface area is 132 Å². The Kier molecular flexibility index (Phi) is 2.83. The van der Waals surface area contributed by atoms with Gasteiger partial charge in [0.1, 0.15) is 0 Å². The van der Waals surface area contributed by atoms with Crippen molar-refractivity contribution in [1.29, 1.82) is 0 Å². The number of nitrogens with zero attached hydrogens (tertiary/aromatic N) is 2. The van der Waals surface area contributed by atoms with E-state index in [4.69, 9.17) is 0 Å². The molecule has 0 radical (unpaired) electrons. The van der Waals surface area contributed by atoms with E-state index >= 15 is 0 Å². The fourth-order valence-corrected chi connectivity index (χ4v) is 4.89. The second kappa shape index (κ2) is 4.45. The number of hydrogen-bond donors (Lipinski definition) is 1. The quantitative estimate of drug-likeness (QED) is 0.862. The van der Waals surface area contributed by atoms with Gasteiger partial charge in [0.25, 0.3) is 0 Å². The number of aliphatic hydroxyl groups is 1. The molecule has 0 unspecified atom stereocenters. The molecule has 1 aromatic carbocycles. The number of aliphatic hydroxyl groups excluding tert-OH is 1. The molecule has 0 spiro atoms. The van der Waals surface area contributed by atoms with Crippen molar-refractivity contribution < 1.29 is 5.11 Å². The van der Waals surface area contributed by atoms with Crippen LogP contribution >= 0.6 is 0 Å². The van der Waals surface area contributed by atoms with E-state index in [9.17, 15) is 5.11 Å². The van der Waals surface area contributed by atoms with Gasteiger partial charge in [-0.05, 0) is 23.8 Å². The number of rotatable bonds is 1. The second-order valence-electron chi connectivity index (χ2n) is 7.93. The van der Waals surface area contributed by atoms with Crippen LogP contribution in [0.3, 0.4) is 0 Å². The van der Waals surface area contributed by atoms with Gasteiger partial charge in [0.05, 0.1) is 30.4 Å². The van der Waals surface area contributed by atoms with Crippen LogP contribution in [0.15, 0.2) is 36.8 Å².